The molecule has 1 aliphatic rings. The number of nitrogens with one attached hydrogen (secondary N) is 3. The average Bonchev–Trinajstić information content (AvgIpc) is 1.53. The van der Waals surface area contributed by atoms with Crippen molar-refractivity contribution in [1.82, 2.24) is 38.5 Å². The number of nitrogens with zero attached hydrogens (tertiary/aromatic N) is 5. The third-order valence-corrected chi connectivity index (χ3v) is 19.9. The molecule has 0 saturated carbocycles. The molecule has 7 heterocycles. The number of aldehydes is 1. The number of hydrogen-bond donors (Lipinski definition) is 7. The average molecular weight is 2050 g/mol. The van der Waals surface area contributed by atoms with E-state index in [1.54, 1.807) is 79.7 Å². The normalized spacial score (nSPS) is 12.4. The number of aromatic nitrogens is 6. The number of hydrogen-bond acceptors (Lipinski definition) is 21. The van der Waals surface area contributed by atoms with Crippen molar-refractivity contribution in [3.05, 3.63) is 232 Å². The third-order valence-electron chi connectivity index (χ3n) is 19.2. The number of ketones is 5. The van der Waals surface area contributed by atoms with Gasteiger partial charge in [0.2, 0.25) is 18.1 Å². The molecule has 14 rings (SSSR count). The minimum atomic E-state index is -4.64. The minimum absolute atomic E-state index is 0. The van der Waals surface area contributed by atoms with Gasteiger partial charge in [0.05, 0.1) is 28.1 Å². The fourth-order valence-electron chi connectivity index (χ4n) is 13.7. The molecule has 0 aliphatic carbocycles. The summed E-state index contributed by atoms with van der Waals surface area (Å²) >= 11 is 8.75. The Labute approximate surface area is 893 Å². The monoisotopic (exact) mass is 2050 g/mol. The van der Waals surface area contributed by atoms with E-state index in [9.17, 15) is 90.0 Å². The summed E-state index contributed by atoms with van der Waals surface area (Å²) in [5.74, 6) is -3.95. The number of aryl methyl sites for hydroxylation is 3. The molecule has 1 fully saturated rings. The Bertz CT molecular complexity index is 6400. The van der Waals surface area contributed by atoms with Crippen LogP contribution in [-0.2, 0) is 90.2 Å². The Morgan fingerprint density at radius 3 is 1.28 bits per heavy atom. The van der Waals surface area contributed by atoms with Crippen LogP contribution in [-0.4, -0.2) is 178 Å². The summed E-state index contributed by atoms with van der Waals surface area (Å²) in [6.45, 7) is 28.9. The van der Waals surface area contributed by atoms with Crippen LogP contribution in [0.4, 0.5) is 22.0 Å². The van der Waals surface area contributed by atoms with Gasteiger partial charge in [-0.3, -0.25) is 62.3 Å². The van der Waals surface area contributed by atoms with Crippen LogP contribution >= 0.6 is 27.5 Å². The maximum Gasteiger partial charge on any atom is 1.00 e. The van der Waals surface area contributed by atoms with Crippen molar-refractivity contribution in [3.63, 3.8) is 0 Å². The van der Waals surface area contributed by atoms with Gasteiger partial charge in [0.1, 0.15) is 83.6 Å². The van der Waals surface area contributed by atoms with Crippen molar-refractivity contribution < 1.29 is 233 Å². The molecule has 39 heteroatoms. The number of aromatic amines is 2. The number of carboxylic acid groups (broad SMARTS) is 1. The topological polar surface area (TPSA) is 429 Å². The quantitative estimate of drug-likeness (QED) is 0.00483. The Morgan fingerprint density at radius 1 is 0.529 bits per heavy atom. The van der Waals surface area contributed by atoms with Crippen molar-refractivity contribution in [2.75, 3.05) is 11.9 Å². The molecule has 30 nitrogen and oxygen atoms in total. The van der Waals surface area contributed by atoms with Crippen molar-refractivity contribution in [2.45, 2.75) is 199 Å². The molecule has 0 spiro atoms. The number of aliphatic carboxylic acids is 1. The van der Waals surface area contributed by atoms with E-state index in [0.29, 0.717) is 55.0 Å². The van der Waals surface area contributed by atoms with Crippen LogP contribution in [0, 0.1) is 26.6 Å². The van der Waals surface area contributed by atoms with Gasteiger partial charge in [-0.1, -0.05) is 83.5 Å². The van der Waals surface area contributed by atoms with Gasteiger partial charge in [-0.25, -0.2) is 8.78 Å². The number of ether oxygens (including phenoxy) is 3. The Balaban J connectivity index is 0.000000556. The molecule has 0 bridgehead atoms. The number of carbonyl (C=O) groups is 13. The molecule has 7 N–H and O–H groups in total. The number of fused-ring (bicyclic) bond motifs is 6. The van der Waals surface area contributed by atoms with Crippen molar-refractivity contribution in [1.29, 1.82) is 0 Å². The molecule has 0 radical (unpaired) electrons. The second-order valence-electron chi connectivity index (χ2n) is 33.9. The Hall–Kier alpha value is -10.9. The summed E-state index contributed by atoms with van der Waals surface area (Å²) in [6.07, 6.45) is 2.82. The first kappa shape index (κ1) is 121. The van der Waals surface area contributed by atoms with Gasteiger partial charge in [0, 0.05) is 145 Å². The molecule has 138 heavy (non-hydrogen) atoms. The zero-order chi connectivity index (χ0) is 101. The van der Waals surface area contributed by atoms with E-state index in [4.69, 9.17) is 45.8 Å². The number of H-pyrrole nitrogens is 2. The number of rotatable bonds is 18. The number of phenols is 3. The first-order valence-electron chi connectivity index (χ1n) is 41.5. The molecule has 730 valence electrons. The summed E-state index contributed by atoms with van der Waals surface area (Å²) in [7, 11) is 0. The molecule has 0 unspecified atom stereocenters. The van der Waals surface area contributed by atoms with Crippen LogP contribution in [0.2, 0.25) is 5.02 Å². The van der Waals surface area contributed by atoms with Crippen LogP contribution in [0.3, 0.4) is 0 Å². The number of benzene rings is 7. The molecule has 2 amide bonds. The number of alkyl halides is 5. The van der Waals surface area contributed by atoms with Gasteiger partial charge < -0.3 is 84.7 Å². The summed E-state index contributed by atoms with van der Waals surface area (Å²) in [5.41, 5.74) is 9.86. The molecular weight excluding hydrogens is 1940 g/mol. The van der Waals surface area contributed by atoms with Gasteiger partial charge in [0.15, 0.2) is 28.9 Å². The van der Waals surface area contributed by atoms with Crippen LogP contribution in [0.1, 0.15) is 186 Å². The van der Waals surface area contributed by atoms with Gasteiger partial charge in [-0.15, -0.1) is 0 Å². The fourth-order valence-corrected chi connectivity index (χ4v) is 14.0. The number of carboxylic acids is 1. The molecule has 2 atom stereocenters. The number of halogens is 7. The standard InChI is InChI=1S/C24H22ClF2N3O4.C17H21NO3.C16H19NO4.C12H11NO4.C11H11NO.C9H9N.C6H11BrO2.C2HF3O.CH2O3.CH4.2K.H/c1-13(31)18-11-29(20-8-16(32)5-6-17(18)20)12-22(33)30-10-15(26)7-21(30)24(34)28-9-14-3-2-4-19(25)23(14)27;1-11-6-7-13-14(12(2)19)9-18(15(13)8-11)10-16(20)21-17(3,4)5;1-10(18)13-8-17(9-15(20)21-16(2,3)4)14-7-11(19)5-6-12(13)14;1-7(14)10-5-13(6-12(16)17)11-4-8(15)2-3-9(10)11;1-7-3-4-9-10(8(2)13)6-12-11(9)5-7;1-7-2-3-8-4-5-10-9(8)6-7;1-6(2,3)9-5(8)4-7;3-2(4,5)1-6;2-1-4-3;;;;/h2-6,8,11,15,21,32H,7,9-10,12H2,1H3,(H,28,34);6-9H,10H2,1-5H3;5-8,19H,9H2,1-4H3;2-5,15H,6H2,1H3,(H,16,17);3-6,12H,1-2H3;2-6,10H,1H3;4H2,1-3H3;1H;1,3H;1H4;;;/q;;;;;;;;;;2*+1;-1/p-1/t15-,21+;;;;;;;;;;;;/m1............/s1. The molecule has 6 aromatic heterocycles. The SMILES string of the molecule is C.CC(=O)c1c[nH]c2cc(C)ccc12.CC(=O)c1cn(CC(=O)N2C[C@H](F)C[C@H]2C(=O)NCc2cccc(Cl)c2F)c2cc(O)ccc12.CC(=O)c1cn(CC(=O)O)c2cc(O)ccc12.CC(=O)c1cn(CC(=O)OC(C)(C)C)c2cc(C)ccc12.CC(=O)c1cn(CC(=O)OC(C)(C)C)c2cc(O)ccc12.CC(C)(C)OC(=O)CBr.Cc1ccc2cc[nH]c2c1.O=CC(F)(F)F.O=CO[O-].[H-].[K+].[K+]. The Kier molecular flexibility index (Phi) is 48.0. The van der Waals surface area contributed by atoms with E-state index in [1.165, 1.54) is 120 Å². The first-order chi connectivity index (χ1) is 62.9. The largest absolute Gasteiger partial charge is 1.00 e. The van der Waals surface area contributed by atoms with E-state index in [-0.39, 0.29) is 243 Å². The van der Waals surface area contributed by atoms with Gasteiger partial charge in [0.25, 0.3) is 6.47 Å². The van der Waals surface area contributed by atoms with Gasteiger partial charge >= 0.3 is 133 Å². The maximum atomic E-state index is 14.2. The summed E-state index contributed by atoms with van der Waals surface area (Å²) in [4.78, 5) is 156. The number of aromatic hydroxyl groups is 3. The van der Waals surface area contributed by atoms with Gasteiger partial charge in [-0.2, -0.15) is 13.2 Å². The zero-order valence-corrected chi connectivity index (χ0v) is 87.7. The second-order valence-corrected chi connectivity index (χ2v) is 34.8. The summed E-state index contributed by atoms with van der Waals surface area (Å²) in [5, 5.41) is 53.9. The summed E-state index contributed by atoms with van der Waals surface area (Å²) < 4.78 is 81.5. The van der Waals surface area contributed by atoms with E-state index in [2.05, 4.69) is 67.3 Å². The maximum absolute atomic E-state index is 14.2. The van der Waals surface area contributed by atoms with Crippen LogP contribution in [0.25, 0.3) is 65.4 Å². The smallest absolute Gasteiger partial charge is 1.00 e. The number of phenolic OH excluding ortho intramolecular Hbond substituents is 3. The van der Waals surface area contributed by atoms with Crippen molar-refractivity contribution in [3.8, 4) is 17.2 Å². The molecular formula is C99H111BrClF5K2N8O22. The fraction of sp³-hybridized carbons (Fsp3) is 0.323. The van der Waals surface area contributed by atoms with E-state index in [1.807, 2.05) is 98.0 Å². The molecule has 7 aromatic carbocycles. The van der Waals surface area contributed by atoms with E-state index in [0.717, 1.165) is 37.8 Å². The Morgan fingerprint density at radius 2 is 0.899 bits per heavy atom. The molecule has 13 aromatic rings. The van der Waals surface area contributed by atoms with Crippen molar-refractivity contribution >= 4 is 170 Å². The van der Waals surface area contributed by atoms with Crippen LogP contribution < -0.4 is 113 Å². The number of carbonyl (C=O) groups excluding carboxylic acids is 12. The number of esters is 3. The van der Waals surface area contributed by atoms with Gasteiger partial charge in [-0.05, 0) is 207 Å². The first-order valence-corrected chi connectivity index (χ1v) is 43.0. The molecule has 1 saturated heterocycles. The van der Waals surface area contributed by atoms with E-state index >= 15 is 0 Å². The minimum Gasteiger partial charge on any atom is -1.00 e. The number of amides is 2. The predicted octanol–water partition coefficient (Wildman–Crippen LogP) is 12.4. The molecule has 1 aliphatic heterocycles. The second kappa shape index (κ2) is 54.6. The van der Waals surface area contributed by atoms with Crippen LogP contribution in [0.15, 0.2) is 171 Å². The van der Waals surface area contributed by atoms with Crippen molar-refractivity contribution in [2.24, 2.45) is 0 Å². The predicted molar refractivity (Wildman–Crippen MR) is 508 cm³/mol. The number of Topliss-reactive ketones (excluding diaryl/α,β-unsaturated/α-hetero) is 5. The van der Waals surface area contributed by atoms with Crippen LogP contribution in [0.5, 0.6) is 17.2 Å². The zero-order valence-electron chi connectivity index (χ0n) is 80.2. The van der Waals surface area contributed by atoms with E-state index < -0.39 is 65.4 Å². The summed E-state index contributed by atoms with van der Waals surface area (Å²) in [6, 6.07) is 37.4. The number of likely N-dealkylation sites (tertiary alicyclic amines) is 1. The third kappa shape index (κ3) is 37.7.